The maximum absolute atomic E-state index is 14.0. The van der Waals surface area contributed by atoms with Gasteiger partial charge in [0.25, 0.3) is 0 Å². The molecule has 4 rings (SSSR count). The highest BCUT2D eigenvalue weighted by Crippen LogP contribution is 2.44. The SMILES string of the molecule is CNc1nc(N)nc2nc(-c3c(N4C(C)CCC4C)cccc3C(F)(F)F)ccc12.O=C(O)C(F)(F)F. The Bertz CT molecular complexity index is 1290. The van der Waals surface area contributed by atoms with Gasteiger partial charge in [0, 0.05) is 30.4 Å². The van der Waals surface area contributed by atoms with Crippen LogP contribution in [0.4, 0.5) is 43.8 Å². The number of hydrogen-bond acceptors (Lipinski definition) is 7. The molecule has 1 fully saturated rings. The van der Waals surface area contributed by atoms with Gasteiger partial charge in [-0.15, -0.1) is 0 Å². The maximum atomic E-state index is 14.0. The summed E-state index contributed by atoms with van der Waals surface area (Å²) in [6, 6.07) is 7.83. The normalized spacial score (nSPS) is 17.9. The molecule has 2 unspecified atom stereocenters. The van der Waals surface area contributed by atoms with E-state index in [4.69, 9.17) is 15.6 Å². The van der Waals surface area contributed by atoms with Crippen molar-refractivity contribution in [2.45, 2.75) is 51.1 Å². The van der Waals surface area contributed by atoms with Crippen molar-refractivity contribution in [2.24, 2.45) is 0 Å². The third kappa shape index (κ3) is 5.94. The fourth-order valence-corrected chi connectivity index (χ4v) is 4.29. The van der Waals surface area contributed by atoms with Crippen LogP contribution in [0.15, 0.2) is 30.3 Å². The molecule has 1 aliphatic rings. The van der Waals surface area contributed by atoms with E-state index in [1.54, 1.807) is 25.2 Å². The third-order valence-electron chi connectivity index (χ3n) is 5.89. The van der Waals surface area contributed by atoms with E-state index in [-0.39, 0.29) is 34.9 Å². The summed E-state index contributed by atoms with van der Waals surface area (Å²) in [7, 11) is 1.68. The van der Waals surface area contributed by atoms with E-state index in [2.05, 4.69) is 25.2 Å². The molecule has 3 aromatic rings. The predicted molar refractivity (Wildman–Crippen MR) is 126 cm³/mol. The number of fused-ring (bicyclic) bond motifs is 1. The van der Waals surface area contributed by atoms with E-state index in [9.17, 15) is 26.3 Å². The summed E-state index contributed by atoms with van der Waals surface area (Å²) in [5.74, 6) is -2.28. The molecule has 0 bridgehead atoms. The molecule has 2 aromatic heterocycles. The Morgan fingerprint density at radius 1 is 1.03 bits per heavy atom. The molecule has 4 N–H and O–H groups in total. The molecule has 37 heavy (non-hydrogen) atoms. The number of rotatable bonds is 3. The molecular weight excluding hydrogens is 506 g/mol. The van der Waals surface area contributed by atoms with Gasteiger partial charge in [-0.25, -0.2) is 9.78 Å². The first-order valence-corrected chi connectivity index (χ1v) is 11.1. The number of carboxylic acid groups (broad SMARTS) is 1. The van der Waals surface area contributed by atoms with E-state index >= 15 is 0 Å². The molecule has 3 heterocycles. The number of aliphatic carboxylic acids is 1. The largest absolute Gasteiger partial charge is 0.490 e. The van der Waals surface area contributed by atoms with Gasteiger partial charge in [0.2, 0.25) is 5.95 Å². The zero-order valence-electron chi connectivity index (χ0n) is 19.9. The summed E-state index contributed by atoms with van der Waals surface area (Å²) < 4.78 is 73.7. The third-order valence-corrected chi connectivity index (χ3v) is 5.89. The summed E-state index contributed by atoms with van der Waals surface area (Å²) in [6.07, 6.45) is -7.75. The molecule has 0 radical (unpaired) electrons. The lowest BCUT2D eigenvalue weighted by Crippen LogP contribution is -2.33. The quantitative estimate of drug-likeness (QED) is 0.389. The number of carbonyl (C=O) groups is 1. The molecule has 2 atom stereocenters. The highest BCUT2D eigenvalue weighted by molar-refractivity contribution is 5.91. The van der Waals surface area contributed by atoms with Gasteiger partial charge in [0.15, 0.2) is 5.65 Å². The van der Waals surface area contributed by atoms with Gasteiger partial charge in [0.05, 0.1) is 16.6 Å². The number of nitrogens with zero attached hydrogens (tertiary/aromatic N) is 4. The maximum Gasteiger partial charge on any atom is 0.490 e. The smallest absolute Gasteiger partial charge is 0.475 e. The molecule has 1 saturated heterocycles. The van der Waals surface area contributed by atoms with Crippen LogP contribution < -0.4 is 16.0 Å². The van der Waals surface area contributed by atoms with Crippen molar-refractivity contribution in [3.8, 4) is 11.3 Å². The first-order chi connectivity index (χ1) is 17.1. The van der Waals surface area contributed by atoms with E-state index in [0.717, 1.165) is 18.9 Å². The van der Waals surface area contributed by atoms with E-state index < -0.39 is 23.9 Å². The van der Waals surface area contributed by atoms with Crippen molar-refractivity contribution in [3.05, 3.63) is 35.9 Å². The topological polar surface area (TPSA) is 117 Å². The van der Waals surface area contributed by atoms with Gasteiger partial charge in [0.1, 0.15) is 5.82 Å². The molecule has 0 aliphatic carbocycles. The highest BCUT2D eigenvalue weighted by Gasteiger charge is 2.39. The number of benzene rings is 1. The van der Waals surface area contributed by atoms with Crippen molar-refractivity contribution < 1.29 is 36.2 Å². The van der Waals surface area contributed by atoms with Crippen LogP contribution in [0.5, 0.6) is 0 Å². The number of nitrogens with one attached hydrogen (secondary N) is 1. The van der Waals surface area contributed by atoms with Crippen molar-refractivity contribution in [1.82, 2.24) is 15.0 Å². The lowest BCUT2D eigenvalue weighted by molar-refractivity contribution is -0.192. The summed E-state index contributed by atoms with van der Waals surface area (Å²) in [5.41, 5.74) is 6.10. The Morgan fingerprint density at radius 2 is 1.62 bits per heavy atom. The second-order valence-electron chi connectivity index (χ2n) is 8.43. The average molecular weight is 530 g/mol. The molecule has 200 valence electrons. The van der Waals surface area contributed by atoms with E-state index in [0.29, 0.717) is 16.9 Å². The van der Waals surface area contributed by atoms with Crippen LogP contribution in [0, 0.1) is 0 Å². The molecule has 8 nitrogen and oxygen atoms in total. The van der Waals surface area contributed by atoms with E-state index in [1.807, 2.05) is 13.8 Å². The average Bonchev–Trinajstić information content (AvgIpc) is 3.14. The second kappa shape index (κ2) is 10.3. The summed E-state index contributed by atoms with van der Waals surface area (Å²) in [4.78, 5) is 23.7. The Morgan fingerprint density at radius 3 is 2.14 bits per heavy atom. The number of nitrogen functional groups attached to an aromatic ring is 1. The molecule has 1 aliphatic heterocycles. The van der Waals surface area contributed by atoms with Gasteiger partial charge < -0.3 is 21.1 Å². The van der Waals surface area contributed by atoms with Gasteiger partial charge in [-0.05, 0) is 51.0 Å². The number of pyridine rings is 1. The molecule has 0 saturated carbocycles. The number of alkyl halides is 6. The Hall–Kier alpha value is -3.84. The fourth-order valence-electron chi connectivity index (χ4n) is 4.29. The minimum atomic E-state index is -5.08. The number of anilines is 3. The molecule has 0 spiro atoms. The lowest BCUT2D eigenvalue weighted by atomic mass is 9.99. The predicted octanol–water partition coefficient (Wildman–Crippen LogP) is 5.35. The van der Waals surface area contributed by atoms with Gasteiger partial charge in [-0.3, -0.25) is 0 Å². The monoisotopic (exact) mass is 530 g/mol. The van der Waals surface area contributed by atoms with Crippen LogP contribution >= 0.6 is 0 Å². The van der Waals surface area contributed by atoms with Crippen LogP contribution in [-0.2, 0) is 11.0 Å². The van der Waals surface area contributed by atoms with E-state index in [1.165, 1.54) is 6.07 Å². The highest BCUT2D eigenvalue weighted by atomic mass is 19.4. The number of carboxylic acids is 1. The second-order valence-corrected chi connectivity index (χ2v) is 8.43. The lowest BCUT2D eigenvalue weighted by Gasteiger charge is -2.32. The number of nitrogens with two attached hydrogens (primary N) is 1. The summed E-state index contributed by atoms with van der Waals surface area (Å²) >= 11 is 0. The number of halogens is 6. The fraction of sp³-hybridized carbons (Fsp3) is 0.391. The zero-order valence-corrected chi connectivity index (χ0v) is 19.9. The molecule has 14 heteroatoms. The zero-order chi connectivity index (χ0) is 27.7. The molecule has 1 aromatic carbocycles. The minimum Gasteiger partial charge on any atom is -0.475 e. The summed E-state index contributed by atoms with van der Waals surface area (Å²) in [5, 5.41) is 10.6. The standard InChI is InChI=1S/C21H23F3N6.C2HF3O2/c1-11-7-8-12(2)30(11)16-6-4-5-14(21(22,23)24)17(16)15-10-9-13-18(26-3)28-20(25)29-19(13)27-15;3-2(4,5)1(6)7/h4-6,9-12H,7-8H2,1-3H3,(H3,25,26,27,28,29);(H,6,7). The van der Waals surface area contributed by atoms with Gasteiger partial charge in [-0.2, -0.15) is 36.3 Å². The van der Waals surface area contributed by atoms with Crippen LogP contribution in [-0.4, -0.2) is 51.3 Å². The van der Waals surface area contributed by atoms with Crippen LogP contribution in [0.25, 0.3) is 22.3 Å². The van der Waals surface area contributed by atoms with Crippen molar-refractivity contribution >= 4 is 34.5 Å². The van der Waals surface area contributed by atoms with Crippen molar-refractivity contribution in [3.63, 3.8) is 0 Å². The Kier molecular flexibility index (Phi) is 7.70. The molecule has 0 amide bonds. The summed E-state index contributed by atoms with van der Waals surface area (Å²) in [6.45, 7) is 4.07. The van der Waals surface area contributed by atoms with Crippen molar-refractivity contribution in [1.29, 1.82) is 0 Å². The minimum absolute atomic E-state index is 0.00242. The van der Waals surface area contributed by atoms with Crippen LogP contribution in [0.1, 0.15) is 32.3 Å². The Labute approximate surface area is 207 Å². The van der Waals surface area contributed by atoms with Crippen molar-refractivity contribution in [2.75, 3.05) is 23.0 Å². The van der Waals surface area contributed by atoms with Gasteiger partial charge in [-0.1, -0.05) is 6.07 Å². The number of aromatic nitrogens is 3. The van der Waals surface area contributed by atoms with Crippen LogP contribution in [0.2, 0.25) is 0 Å². The number of hydrogen-bond donors (Lipinski definition) is 3. The van der Waals surface area contributed by atoms with Crippen LogP contribution in [0.3, 0.4) is 0 Å². The van der Waals surface area contributed by atoms with Gasteiger partial charge >= 0.3 is 18.3 Å². The first-order valence-electron chi connectivity index (χ1n) is 11.1. The first kappa shape index (κ1) is 27.7. The molecular formula is C23H24F6N6O2. The Balaban J connectivity index is 0.000000479.